The van der Waals surface area contributed by atoms with Crippen molar-refractivity contribution in [2.75, 3.05) is 13.1 Å². The number of hydrogen-bond acceptors (Lipinski definition) is 1. The minimum atomic E-state index is 0.430. The molecule has 0 radical (unpaired) electrons. The van der Waals surface area contributed by atoms with Crippen LogP contribution in [0.5, 0.6) is 0 Å². The molecule has 0 saturated carbocycles. The van der Waals surface area contributed by atoms with Gasteiger partial charge in [0, 0.05) is 0 Å². The Labute approximate surface area is 113 Å². The van der Waals surface area contributed by atoms with Gasteiger partial charge in [-0.05, 0) is 49.2 Å². The lowest BCUT2D eigenvalue weighted by Crippen LogP contribution is -2.25. The van der Waals surface area contributed by atoms with Gasteiger partial charge in [-0.25, -0.2) is 0 Å². The van der Waals surface area contributed by atoms with Crippen LogP contribution in [0.3, 0.4) is 0 Å². The summed E-state index contributed by atoms with van der Waals surface area (Å²) < 4.78 is 0. The van der Waals surface area contributed by atoms with Crippen LogP contribution in [0.4, 0.5) is 0 Å². The van der Waals surface area contributed by atoms with Crippen molar-refractivity contribution in [1.29, 1.82) is 0 Å². The van der Waals surface area contributed by atoms with Gasteiger partial charge in [0.1, 0.15) is 0 Å². The molecule has 0 aromatic heterocycles. The van der Waals surface area contributed by atoms with Gasteiger partial charge in [-0.3, -0.25) is 0 Å². The highest BCUT2D eigenvalue weighted by molar-refractivity contribution is 5.14. The van der Waals surface area contributed by atoms with Gasteiger partial charge in [-0.1, -0.05) is 58.0 Å². The average molecular weight is 247 g/mol. The zero-order chi connectivity index (χ0) is 13.4. The van der Waals surface area contributed by atoms with Crippen LogP contribution < -0.4 is 5.32 Å². The number of aryl methyl sites for hydroxylation is 1. The fourth-order valence-corrected chi connectivity index (χ4v) is 2.07. The summed E-state index contributed by atoms with van der Waals surface area (Å²) in [7, 11) is 0. The molecule has 1 aromatic carbocycles. The van der Waals surface area contributed by atoms with Crippen molar-refractivity contribution < 1.29 is 0 Å². The van der Waals surface area contributed by atoms with E-state index in [1.54, 1.807) is 0 Å². The molecule has 1 heteroatoms. The third kappa shape index (κ3) is 6.80. The molecule has 1 nitrogen and oxygen atoms in total. The average Bonchev–Trinajstić information content (AvgIpc) is 2.34. The normalized spacial score (nSPS) is 12.1. The first-order valence-corrected chi connectivity index (χ1v) is 7.24. The van der Waals surface area contributed by atoms with E-state index in [2.05, 4.69) is 63.3 Å². The second kappa shape index (κ2) is 7.58. The first kappa shape index (κ1) is 15.2. The van der Waals surface area contributed by atoms with Crippen LogP contribution in [-0.2, 0) is 6.42 Å². The highest BCUT2D eigenvalue weighted by Gasteiger charge is 2.17. The fourth-order valence-electron chi connectivity index (χ4n) is 2.07. The van der Waals surface area contributed by atoms with Gasteiger partial charge in [0.05, 0.1) is 0 Å². The molecular formula is C17H29N. The highest BCUT2D eigenvalue weighted by Crippen LogP contribution is 2.26. The quantitative estimate of drug-likeness (QED) is 0.676. The maximum absolute atomic E-state index is 3.54. The summed E-state index contributed by atoms with van der Waals surface area (Å²) in [5.74, 6) is 0.748. The third-order valence-electron chi connectivity index (χ3n) is 3.46. The van der Waals surface area contributed by atoms with E-state index in [1.165, 1.54) is 24.8 Å². The van der Waals surface area contributed by atoms with E-state index >= 15 is 0 Å². The predicted molar refractivity (Wildman–Crippen MR) is 80.9 cm³/mol. The van der Waals surface area contributed by atoms with Crippen molar-refractivity contribution in [3.63, 3.8) is 0 Å². The summed E-state index contributed by atoms with van der Waals surface area (Å²) in [5.41, 5.74) is 1.89. The Hall–Kier alpha value is -0.820. The Morgan fingerprint density at radius 1 is 1.06 bits per heavy atom. The molecular weight excluding hydrogens is 218 g/mol. The van der Waals surface area contributed by atoms with Gasteiger partial charge < -0.3 is 5.32 Å². The summed E-state index contributed by atoms with van der Waals surface area (Å²) >= 11 is 0. The number of hydrogen-bond donors (Lipinski definition) is 1. The third-order valence-corrected chi connectivity index (χ3v) is 3.46. The van der Waals surface area contributed by atoms with Gasteiger partial charge in [0.2, 0.25) is 0 Å². The molecule has 0 saturated heterocycles. The summed E-state index contributed by atoms with van der Waals surface area (Å²) in [6.07, 6.45) is 3.71. The van der Waals surface area contributed by atoms with Crippen LogP contribution in [0, 0.1) is 11.3 Å². The van der Waals surface area contributed by atoms with Gasteiger partial charge >= 0.3 is 0 Å². The Balaban J connectivity index is 2.23. The highest BCUT2D eigenvalue weighted by atomic mass is 14.8. The first-order valence-electron chi connectivity index (χ1n) is 7.24. The zero-order valence-electron chi connectivity index (χ0n) is 12.5. The molecule has 1 rings (SSSR count). The van der Waals surface area contributed by atoms with Gasteiger partial charge in [-0.2, -0.15) is 0 Å². The van der Waals surface area contributed by atoms with Crippen molar-refractivity contribution in [2.24, 2.45) is 11.3 Å². The summed E-state index contributed by atoms with van der Waals surface area (Å²) in [6, 6.07) is 10.8. The van der Waals surface area contributed by atoms with E-state index in [0.29, 0.717) is 5.41 Å². The summed E-state index contributed by atoms with van der Waals surface area (Å²) in [6.45, 7) is 11.6. The first-order chi connectivity index (χ1) is 8.49. The lowest BCUT2D eigenvalue weighted by Gasteiger charge is -2.25. The van der Waals surface area contributed by atoms with Gasteiger partial charge in [0.15, 0.2) is 0 Å². The molecule has 102 valence electrons. The van der Waals surface area contributed by atoms with Crippen molar-refractivity contribution in [1.82, 2.24) is 5.32 Å². The molecule has 0 aliphatic heterocycles. The summed E-state index contributed by atoms with van der Waals surface area (Å²) in [4.78, 5) is 0. The van der Waals surface area contributed by atoms with Crippen LogP contribution in [0.25, 0.3) is 0 Å². The van der Waals surface area contributed by atoms with Crippen LogP contribution in [0.1, 0.15) is 46.1 Å². The monoisotopic (exact) mass is 247 g/mol. The van der Waals surface area contributed by atoms with Crippen LogP contribution in [0.2, 0.25) is 0 Å². The van der Waals surface area contributed by atoms with E-state index < -0.39 is 0 Å². The van der Waals surface area contributed by atoms with Crippen molar-refractivity contribution >= 4 is 0 Å². The molecule has 1 aromatic rings. The molecule has 0 unspecified atom stereocenters. The van der Waals surface area contributed by atoms with E-state index in [1.807, 2.05) is 0 Å². The van der Waals surface area contributed by atoms with Crippen molar-refractivity contribution in [3.8, 4) is 0 Å². The molecule has 0 fully saturated rings. The molecule has 0 aliphatic rings. The second-order valence-corrected chi connectivity index (χ2v) is 6.50. The minimum absolute atomic E-state index is 0.430. The number of rotatable bonds is 8. The van der Waals surface area contributed by atoms with E-state index in [9.17, 15) is 0 Å². The smallest absolute Gasteiger partial charge is 0.00258 e. The van der Waals surface area contributed by atoms with Crippen molar-refractivity contribution in [3.05, 3.63) is 35.9 Å². The lowest BCUT2D eigenvalue weighted by atomic mass is 9.83. The summed E-state index contributed by atoms with van der Waals surface area (Å²) in [5, 5.41) is 3.54. The van der Waals surface area contributed by atoms with Crippen molar-refractivity contribution in [2.45, 2.75) is 47.0 Å². The van der Waals surface area contributed by atoms with Crippen LogP contribution >= 0.6 is 0 Å². The Morgan fingerprint density at radius 3 is 2.33 bits per heavy atom. The van der Waals surface area contributed by atoms with Gasteiger partial charge in [0.25, 0.3) is 0 Å². The number of benzene rings is 1. The molecule has 18 heavy (non-hydrogen) atoms. The largest absolute Gasteiger partial charge is 0.316 e. The lowest BCUT2D eigenvalue weighted by molar-refractivity contribution is 0.300. The van der Waals surface area contributed by atoms with Crippen LogP contribution in [0.15, 0.2) is 30.3 Å². The molecule has 0 amide bonds. The molecule has 0 bridgehead atoms. The van der Waals surface area contributed by atoms with Crippen LogP contribution in [-0.4, -0.2) is 13.1 Å². The second-order valence-electron chi connectivity index (χ2n) is 6.50. The maximum atomic E-state index is 3.54. The standard InChI is InChI=1S/C17H29N/c1-15(2)14-18-13-12-17(3,4)11-10-16-8-6-5-7-9-16/h5-9,15,18H,10-14H2,1-4H3. The SMILES string of the molecule is CC(C)CNCCC(C)(C)CCc1ccccc1. The Morgan fingerprint density at radius 2 is 1.72 bits per heavy atom. The maximum Gasteiger partial charge on any atom is -0.00258 e. The zero-order valence-corrected chi connectivity index (χ0v) is 12.5. The Kier molecular flexibility index (Phi) is 6.42. The molecule has 0 heterocycles. The molecule has 0 aliphatic carbocycles. The Bertz CT molecular complexity index is 314. The fraction of sp³-hybridized carbons (Fsp3) is 0.647. The van der Waals surface area contributed by atoms with E-state index in [0.717, 1.165) is 19.0 Å². The van der Waals surface area contributed by atoms with Gasteiger partial charge in [-0.15, -0.1) is 0 Å². The molecule has 1 N–H and O–H groups in total. The topological polar surface area (TPSA) is 12.0 Å². The predicted octanol–water partition coefficient (Wildman–Crippen LogP) is 4.28. The molecule has 0 spiro atoms. The van der Waals surface area contributed by atoms with E-state index in [4.69, 9.17) is 0 Å². The number of nitrogens with one attached hydrogen (secondary N) is 1. The van der Waals surface area contributed by atoms with E-state index in [-0.39, 0.29) is 0 Å². The molecule has 0 atom stereocenters. The minimum Gasteiger partial charge on any atom is -0.316 e.